The molecule has 0 aliphatic heterocycles. The largest absolute Gasteiger partial charge is 0.477 e. The van der Waals surface area contributed by atoms with E-state index >= 15 is 0 Å². The van der Waals surface area contributed by atoms with Crippen molar-refractivity contribution in [3.8, 4) is 0 Å². The maximum atomic E-state index is 10.6. The van der Waals surface area contributed by atoms with Crippen LogP contribution in [-0.2, 0) is 4.79 Å². The van der Waals surface area contributed by atoms with E-state index in [4.69, 9.17) is 10.8 Å². The SMILES string of the molecule is NC(=O)CC=Cc1cccc(C(=O)O)n1. The van der Waals surface area contributed by atoms with Crippen LogP contribution in [0.1, 0.15) is 22.6 Å². The number of rotatable bonds is 4. The summed E-state index contributed by atoms with van der Waals surface area (Å²) in [4.78, 5) is 24.8. The fraction of sp³-hybridized carbons (Fsp3) is 0.100. The molecule has 0 saturated heterocycles. The molecule has 78 valence electrons. The number of carboxylic acid groups (broad SMARTS) is 1. The van der Waals surface area contributed by atoms with Crippen LogP contribution in [0.4, 0.5) is 0 Å². The van der Waals surface area contributed by atoms with E-state index in [1.807, 2.05) is 0 Å². The highest BCUT2D eigenvalue weighted by atomic mass is 16.4. The zero-order chi connectivity index (χ0) is 11.3. The van der Waals surface area contributed by atoms with Gasteiger partial charge in [-0.05, 0) is 18.2 Å². The molecule has 0 bridgehead atoms. The van der Waals surface area contributed by atoms with E-state index in [0.29, 0.717) is 5.69 Å². The van der Waals surface area contributed by atoms with Crippen LogP contribution in [0.15, 0.2) is 24.3 Å². The van der Waals surface area contributed by atoms with Crippen LogP contribution in [0.2, 0.25) is 0 Å². The first kappa shape index (κ1) is 10.9. The van der Waals surface area contributed by atoms with Crippen molar-refractivity contribution in [3.63, 3.8) is 0 Å². The fourth-order valence-corrected chi connectivity index (χ4v) is 0.959. The van der Waals surface area contributed by atoms with Gasteiger partial charge in [-0.1, -0.05) is 12.1 Å². The Hall–Kier alpha value is -2.17. The first-order valence-electron chi connectivity index (χ1n) is 4.25. The van der Waals surface area contributed by atoms with Gasteiger partial charge in [-0.25, -0.2) is 9.78 Å². The summed E-state index contributed by atoms with van der Waals surface area (Å²) in [6, 6.07) is 4.62. The average Bonchev–Trinajstić information content (AvgIpc) is 2.17. The molecule has 15 heavy (non-hydrogen) atoms. The normalized spacial score (nSPS) is 10.4. The summed E-state index contributed by atoms with van der Waals surface area (Å²) in [5, 5.41) is 8.66. The number of carbonyl (C=O) groups excluding carboxylic acids is 1. The molecule has 1 rings (SSSR count). The van der Waals surface area contributed by atoms with Crippen LogP contribution in [0.3, 0.4) is 0 Å². The number of pyridine rings is 1. The first-order valence-corrected chi connectivity index (χ1v) is 4.25. The maximum absolute atomic E-state index is 10.6. The van der Waals surface area contributed by atoms with Gasteiger partial charge in [0.25, 0.3) is 0 Å². The van der Waals surface area contributed by atoms with Crippen LogP contribution in [0, 0.1) is 0 Å². The zero-order valence-corrected chi connectivity index (χ0v) is 7.88. The second kappa shape index (κ2) is 4.90. The number of aromatic nitrogens is 1. The molecule has 1 aromatic rings. The minimum Gasteiger partial charge on any atom is -0.477 e. The van der Waals surface area contributed by atoms with E-state index in [0.717, 1.165) is 0 Å². The van der Waals surface area contributed by atoms with E-state index in [1.165, 1.54) is 12.1 Å². The Bertz CT molecular complexity index is 413. The quantitative estimate of drug-likeness (QED) is 0.757. The smallest absolute Gasteiger partial charge is 0.354 e. The summed E-state index contributed by atoms with van der Waals surface area (Å²) in [6.45, 7) is 0. The van der Waals surface area contributed by atoms with Crippen molar-refractivity contribution in [3.05, 3.63) is 35.7 Å². The van der Waals surface area contributed by atoms with Crippen molar-refractivity contribution in [2.45, 2.75) is 6.42 Å². The lowest BCUT2D eigenvalue weighted by molar-refractivity contribution is -0.117. The number of hydrogen-bond donors (Lipinski definition) is 2. The van der Waals surface area contributed by atoms with Gasteiger partial charge in [-0.3, -0.25) is 4.79 Å². The van der Waals surface area contributed by atoms with Gasteiger partial charge < -0.3 is 10.8 Å². The summed E-state index contributed by atoms with van der Waals surface area (Å²) in [7, 11) is 0. The minimum atomic E-state index is -1.08. The standard InChI is InChI=1S/C10H10N2O3/c11-9(13)6-2-4-7-3-1-5-8(12-7)10(14)15/h1-5H,6H2,(H2,11,13)(H,14,15). The molecule has 3 N–H and O–H groups in total. The average molecular weight is 206 g/mol. The maximum Gasteiger partial charge on any atom is 0.354 e. The Kier molecular flexibility index (Phi) is 3.56. The molecule has 0 spiro atoms. The van der Waals surface area contributed by atoms with E-state index in [-0.39, 0.29) is 12.1 Å². The molecule has 0 aliphatic carbocycles. The minimum absolute atomic E-state index is 0.0313. The molecule has 5 heteroatoms. The van der Waals surface area contributed by atoms with E-state index in [9.17, 15) is 9.59 Å². The van der Waals surface area contributed by atoms with Crippen molar-refractivity contribution in [1.82, 2.24) is 4.98 Å². The molecule has 5 nitrogen and oxygen atoms in total. The zero-order valence-electron chi connectivity index (χ0n) is 7.88. The van der Waals surface area contributed by atoms with E-state index in [2.05, 4.69) is 4.98 Å². The van der Waals surface area contributed by atoms with Gasteiger partial charge in [0.1, 0.15) is 5.69 Å². The molecule has 1 amide bonds. The predicted molar refractivity (Wildman–Crippen MR) is 54.0 cm³/mol. The number of aromatic carboxylic acids is 1. The summed E-state index contributed by atoms with van der Waals surface area (Å²) in [6.07, 6.45) is 3.20. The van der Waals surface area contributed by atoms with Gasteiger partial charge in [-0.2, -0.15) is 0 Å². The predicted octanol–water partition coefficient (Wildman–Crippen LogP) is 0.668. The fourth-order valence-electron chi connectivity index (χ4n) is 0.959. The molecule has 0 fully saturated rings. The molecular formula is C10H10N2O3. The number of nitrogens with zero attached hydrogens (tertiary/aromatic N) is 1. The lowest BCUT2D eigenvalue weighted by Gasteiger charge is -1.95. The Labute approximate surface area is 86.2 Å². The highest BCUT2D eigenvalue weighted by molar-refractivity contribution is 5.85. The molecule has 0 aromatic carbocycles. The van der Waals surface area contributed by atoms with Crippen molar-refractivity contribution in [2.75, 3.05) is 0 Å². The number of hydrogen-bond acceptors (Lipinski definition) is 3. The van der Waals surface area contributed by atoms with Crippen LogP contribution < -0.4 is 5.73 Å². The molecule has 0 atom stereocenters. The van der Waals surface area contributed by atoms with Crippen molar-refractivity contribution in [1.29, 1.82) is 0 Å². The second-order valence-electron chi connectivity index (χ2n) is 2.83. The Balaban J connectivity index is 2.78. The summed E-state index contributed by atoms with van der Waals surface area (Å²) in [5.41, 5.74) is 5.38. The third-order valence-corrected chi connectivity index (χ3v) is 1.60. The van der Waals surface area contributed by atoms with Crippen molar-refractivity contribution < 1.29 is 14.7 Å². The third-order valence-electron chi connectivity index (χ3n) is 1.60. The van der Waals surface area contributed by atoms with Crippen LogP contribution >= 0.6 is 0 Å². The lowest BCUT2D eigenvalue weighted by Crippen LogP contribution is -2.08. The number of carbonyl (C=O) groups is 2. The molecule has 0 radical (unpaired) electrons. The Morgan fingerprint density at radius 2 is 2.20 bits per heavy atom. The molecule has 0 saturated carbocycles. The number of nitrogens with two attached hydrogens (primary N) is 1. The van der Waals surface area contributed by atoms with E-state index in [1.54, 1.807) is 18.2 Å². The second-order valence-corrected chi connectivity index (χ2v) is 2.83. The monoisotopic (exact) mass is 206 g/mol. The van der Waals surface area contributed by atoms with E-state index < -0.39 is 11.9 Å². The third kappa shape index (κ3) is 3.60. The van der Waals surface area contributed by atoms with Crippen LogP contribution in [0.5, 0.6) is 0 Å². The Morgan fingerprint density at radius 3 is 2.80 bits per heavy atom. The van der Waals surface area contributed by atoms with Gasteiger partial charge in [0.05, 0.1) is 5.69 Å². The molecule has 0 aliphatic rings. The van der Waals surface area contributed by atoms with Crippen LogP contribution in [0.25, 0.3) is 6.08 Å². The summed E-state index contributed by atoms with van der Waals surface area (Å²) >= 11 is 0. The molecule has 1 heterocycles. The number of carboxylic acids is 1. The Morgan fingerprint density at radius 1 is 1.47 bits per heavy atom. The van der Waals surface area contributed by atoms with Gasteiger partial charge in [-0.15, -0.1) is 0 Å². The van der Waals surface area contributed by atoms with Gasteiger partial charge >= 0.3 is 5.97 Å². The van der Waals surface area contributed by atoms with Gasteiger partial charge in [0.2, 0.25) is 5.91 Å². The summed E-state index contributed by atoms with van der Waals surface area (Å²) in [5.74, 6) is -1.53. The van der Waals surface area contributed by atoms with Crippen molar-refractivity contribution >= 4 is 18.0 Å². The lowest BCUT2D eigenvalue weighted by atomic mass is 10.2. The highest BCUT2D eigenvalue weighted by Gasteiger charge is 2.02. The first-order chi connectivity index (χ1) is 7.09. The van der Waals surface area contributed by atoms with Gasteiger partial charge in [0, 0.05) is 6.42 Å². The molecular weight excluding hydrogens is 196 g/mol. The van der Waals surface area contributed by atoms with Crippen molar-refractivity contribution in [2.24, 2.45) is 5.73 Å². The highest BCUT2D eigenvalue weighted by Crippen LogP contribution is 2.02. The summed E-state index contributed by atoms with van der Waals surface area (Å²) < 4.78 is 0. The topological polar surface area (TPSA) is 93.3 Å². The van der Waals surface area contributed by atoms with Gasteiger partial charge in [0.15, 0.2) is 0 Å². The number of amides is 1. The van der Waals surface area contributed by atoms with Crippen LogP contribution in [-0.4, -0.2) is 22.0 Å². The molecule has 0 unspecified atom stereocenters. The number of primary amides is 1. The molecule has 1 aromatic heterocycles.